The van der Waals surface area contributed by atoms with Crippen LogP contribution in [-0.2, 0) is 6.54 Å². The second-order valence-corrected chi connectivity index (χ2v) is 7.92. The second-order valence-electron chi connectivity index (χ2n) is 7.92. The third-order valence-electron chi connectivity index (χ3n) is 6.13. The Hall–Kier alpha value is -1.36. The average molecular weight is 342 g/mol. The van der Waals surface area contributed by atoms with Gasteiger partial charge in [0.15, 0.2) is 0 Å². The molecule has 1 aromatic heterocycles. The summed E-state index contributed by atoms with van der Waals surface area (Å²) in [4.78, 5) is 5.13. The fourth-order valence-electron chi connectivity index (χ4n) is 4.43. The lowest BCUT2D eigenvalue weighted by molar-refractivity contribution is 0.0366. The van der Waals surface area contributed by atoms with Gasteiger partial charge in [0.2, 0.25) is 0 Å². The Morgan fingerprint density at radius 1 is 1.04 bits per heavy atom. The highest BCUT2D eigenvalue weighted by Crippen LogP contribution is 2.28. The molecule has 3 heterocycles. The fraction of sp³-hybridized carbons (Fsp3) is 0.619. The molecule has 136 valence electrons. The summed E-state index contributed by atoms with van der Waals surface area (Å²) in [5.74, 6) is 1.13. The lowest BCUT2D eigenvalue weighted by atomic mass is 9.99. The molecule has 0 bridgehead atoms. The van der Waals surface area contributed by atoms with Crippen molar-refractivity contribution in [1.82, 2.24) is 9.80 Å². The summed E-state index contributed by atoms with van der Waals surface area (Å²) < 4.78 is 6.13. The normalized spacial score (nSPS) is 22.0. The van der Waals surface area contributed by atoms with E-state index in [1.807, 2.05) is 0 Å². The zero-order valence-corrected chi connectivity index (χ0v) is 15.5. The molecule has 4 nitrogen and oxygen atoms in total. The Morgan fingerprint density at radius 2 is 1.76 bits per heavy atom. The first-order chi connectivity index (χ1) is 12.1. The molecule has 2 fully saturated rings. The minimum absolute atomic E-state index is 0.0731. The minimum atomic E-state index is -0.0731. The van der Waals surface area contributed by atoms with E-state index in [0.717, 1.165) is 56.9 Å². The number of rotatable bonds is 3. The van der Waals surface area contributed by atoms with E-state index < -0.39 is 0 Å². The van der Waals surface area contributed by atoms with Crippen LogP contribution >= 0.6 is 0 Å². The Morgan fingerprint density at radius 3 is 2.48 bits per heavy atom. The van der Waals surface area contributed by atoms with Gasteiger partial charge in [0.1, 0.15) is 11.3 Å². The van der Waals surface area contributed by atoms with Crippen molar-refractivity contribution in [3.63, 3.8) is 0 Å². The topological polar surface area (TPSA) is 39.9 Å². The SMILES string of the molecule is Cc1ccc2oc(CN3CCC(N4CCC(O)CC4)CC3)c(C)c2c1. The van der Waals surface area contributed by atoms with Crippen LogP contribution in [0.2, 0.25) is 0 Å². The number of piperidine rings is 2. The number of furan rings is 1. The molecule has 0 radical (unpaired) electrons. The van der Waals surface area contributed by atoms with Gasteiger partial charge in [0, 0.05) is 37.6 Å². The van der Waals surface area contributed by atoms with E-state index in [4.69, 9.17) is 4.42 Å². The first-order valence-electron chi connectivity index (χ1n) is 9.73. The van der Waals surface area contributed by atoms with Crippen molar-refractivity contribution in [3.8, 4) is 0 Å². The number of benzene rings is 1. The first-order valence-corrected chi connectivity index (χ1v) is 9.73. The summed E-state index contributed by atoms with van der Waals surface area (Å²) in [7, 11) is 0. The molecule has 2 aliphatic heterocycles. The summed E-state index contributed by atoms with van der Waals surface area (Å²) in [6.45, 7) is 9.65. The minimum Gasteiger partial charge on any atom is -0.459 e. The summed E-state index contributed by atoms with van der Waals surface area (Å²) in [5.41, 5.74) is 3.60. The Kier molecular flexibility index (Phi) is 4.85. The maximum absolute atomic E-state index is 9.69. The smallest absolute Gasteiger partial charge is 0.134 e. The van der Waals surface area contributed by atoms with Crippen LogP contribution in [0.15, 0.2) is 22.6 Å². The van der Waals surface area contributed by atoms with E-state index in [1.54, 1.807) is 0 Å². The average Bonchev–Trinajstić information content (AvgIpc) is 2.92. The van der Waals surface area contributed by atoms with Crippen molar-refractivity contribution >= 4 is 11.0 Å². The largest absolute Gasteiger partial charge is 0.459 e. The summed E-state index contributed by atoms with van der Waals surface area (Å²) in [6.07, 6.45) is 4.27. The third kappa shape index (κ3) is 3.62. The van der Waals surface area contributed by atoms with E-state index in [2.05, 4.69) is 41.8 Å². The number of fused-ring (bicyclic) bond motifs is 1. The molecular weight excluding hydrogens is 312 g/mol. The maximum Gasteiger partial charge on any atom is 0.134 e. The zero-order valence-electron chi connectivity index (χ0n) is 15.5. The Labute approximate surface area is 150 Å². The highest BCUT2D eigenvalue weighted by Gasteiger charge is 2.28. The molecule has 2 saturated heterocycles. The molecule has 0 saturated carbocycles. The van der Waals surface area contributed by atoms with Gasteiger partial charge in [-0.05, 0) is 57.2 Å². The van der Waals surface area contributed by atoms with Gasteiger partial charge < -0.3 is 14.4 Å². The van der Waals surface area contributed by atoms with Crippen LogP contribution in [0.3, 0.4) is 0 Å². The first kappa shape index (κ1) is 17.1. The predicted molar refractivity (Wildman–Crippen MR) is 101 cm³/mol. The number of nitrogens with zero attached hydrogens (tertiary/aromatic N) is 2. The third-order valence-corrected chi connectivity index (χ3v) is 6.13. The Balaban J connectivity index is 1.36. The van der Waals surface area contributed by atoms with E-state index in [1.165, 1.54) is 29.4 Å². The van der Waals surface area contributed by atoms with Gasteiger partial charge in [-0.15, -0.1) is 0 Å². The van der Waals surface area contributed by atoms with Crippen LogP contribution in [0.1, 0.15) is 42.6 Å². The van der Waals surface area contributed by atoms with Gasteiger partial charge in [-0.2, -0.15) is 0 Å². The van der Waals surface area contributed by atoms with Crippen molar-refractivity contribution in [1.29, 1.82) is 0 Å². The quantitative estimate of drug-likeness (QED) is 0.927. The van der Waals surface area contributed by atoms with E-state index in [0.29, 0.717) is 6.04 Å². The van der Waals surface area contributed by atoms with Crippen LogP contribution in [0.5, 0.6) is 0 Å². The second kappa shape index (κ2) is 7.10. The van der Waals surface area contributed by atoms with Crippen molar-refractivity contribution in [3.05, 3.63) is 35.1 Å². The lowest BCUT2D eigenvalue weighted by Gasteiger charge is -2.41. The van der Waals surface area contributed by atoms with Crippen LogP contribution < -0.4 is 0 Å². The van der Waals surface area contributed by atoms with Gasteiger partial charge >= 0.3 is 0 Å². The zero-order chi connectivity index (χ0) is 17.4. The van der Waals surface area contributed by atoms with Crippen molar-refractivity contribution < 1.29 is 9.52 Å². The highest BCUT2D eigenvalue weighted by atomic mass is 16.3. The summed E-state index contributed by atoms with van der Waals surface area (Å²) in [5, 5.41) is 11.0. The lowest BCUT2D eigenvalue weighted by Crippen LogP contribution is -2.48. The molecule has 1 N–H and O–H groups in total. The number of hydrogen-bond donors (Lipinski definition) is 1. The molecule has 0 aliphatic carbocycles. The summed E-state index contributed by atoms with van der Waals surface area (Å²) in [6, 6.07) is 7.14. The van der Waals surface area contributed by atoms with Gasteiger partial charge in [-0.3, -0.25) is 4.90 Å². The molecular formula is C21H30N2O2. The molecule has 1 aromatic carbocycles. The molecule has 0 amide bonds. The van der Waals surface area contributed by atoms with Crippen molar-refractivity contribution in [2.24, 2.45) is 0 Å². The fourth-order valence-corrected chi connectivity index (χ4v) is 4.43. The molecule has 25 heavy (non-hydrogen) atoms. The van der Waals surface area contributed by atoms with Gasteiger partial charge in [-0.1, -0.05) is 11.6 Å². The molecule has 4 heteroatoms. The standard InChI is InChI=1S/C21H30N2O2/c1-15-3-4-20-19(13-15)16(2)21(25-20)14-22-9-5-17(6-10-22)23-11-7-18(24)8-12-23/h3-4,13,17-18,24H,5-12,14H2,1-2H3. The van der Waals surface area contributed by atoms with Gasteiger partial charge in [-0.25, -0.2) is 0 Å². The predicted octanol–water partition coefficient (Wildman–Crippen LogP) is 3.47. The molecule has 0 atom stereocenters. The van der Waals surface area contributed by atoms with E-state index >= 15 is 0 Å². The number of aliphatic hydroxyl groups excluding tert-OH is 1. The molecule has 2 aromatic rings. The van der Waals surface area contributed by atoms with Gasteiger partial charge in [0.05, 0.1) is 12.6 Å². The highest BCUT2D eigenvalue weighted by molar-refractivity contribution is 5.82. The molecule has 0 spiro atoms. The van der Waals surface area contributed by atoms with Crippen molar-refractivity contribution in [2.45, 2.75) is 58.2 Å². The molecule has 2 aliphatic rings. The van der Waals surface area contributed by atoms with Gasteiger partial charge in [0.25, 0.3) is 0 Å². The number of aryl methyl sites for hydroxylation is 2. The number of likely N-dealkylation sites (tertiary alicyclic amines) is 2. The van der Waals surface area contributed by atoms with Crippen LogP contribution in [-0.4, -0.2) is 53.2 Å². The van der Waals surface area contributed by atoms with Crippen LogP contribution in [0.4, 0.5) is 0 Å². The van der Waals surface area contributed by atoms with Crippen LogP contribution in [0, 0.1) is 13.8 Å². The van der Waals surface area contributed by atoms with Crippen molar-refractivity contribution in [2.75, 3.05) is 26.2 Å². The maximum atomic E-state index is 9.69. The number of aliphatic hydroxyl groups is 1. The van der Waals surface area contributed by atoms with E-state index in [9.17, 15) is 5.11 Å². The summed E-state index contributed by atoms with van der Waals surface area (Å²) >= 11 is 0. The monoisotopic (exact) mass is 342 g/mol. The van der Waals surface area contributed by atoms with E-state index in [-0.39, 0.29) is 6.10 Å². The number of hydrogen-bond acceptors (Lipinski definition) is 4. The Bertz CT molecular complexity index is 723. The van der Waals surface area contributed by atoms with Crippen LogP contribution in [0.25, 0.3) is 11.0 Å². The molecule has 0 unspecified atom stereocenters. The molecule has 4 rings (SSSR count).